The number of aryl methyl sites for hydroxylation is 1. The first-order valence-corrected chi connectivity index (χ1v) is 8.64. The number of hydrogen-bond donors (Lipinski definition) is 1. The maximum Gasteiger partial charge on any atom is 0.322 e. The van der Waals surface area contributed by atoms with E-state index in [-0.39, 0.29) is 11.9 Å². The molecule has 1 aromatic heterocycles. The minimum atomic E-state index is -0.341. The summed E-state index contributed by atoms with van der Waals surface area (Å²) >= 11 is 7.58. The van der Waals surface area contributed by atoms with Crippen molar-refractivity contribution in [2.75, 3.05) is 11.1 Å². The molecule has 2 aromatic carbocycles. The van der Waals surface area contributed by atoms with Crippen LogP contribution in [0.2, 0.25) is 5.02 Å². The summed E-state index contributed by atoms with van der Waals surface area (Å²) < 4.78 is 5.44. The molecule has 1 heterocycles. The number of thioether (sulfide) groups is 1. The second-order valence-corrected chi connectivity index (χ2v) is 6.48. The molecule has 0 unspecified atom stereocenters. The molecule has 3 rings (SSSR count). The first kappa shape index (κ1) is 16.5. The Balaban J connectivity index is 1.53. The average molecular weight is 360 g/mol. The SMILES string of the molecule is O=C(Nc1nnc(CCSc2ccccc2)o1)c1cccc(Cl)c1. The molecule has 7 heteroatoms. The van der Waals surface area contributed by atoms with Crippen molar-refractivity contribution >= 4 is 35.3 Å². The molecule has 122 valence electrons. The van der Waals surface area contributed by atoms with Gasteiger partial charge in [0.25, 0.3) is 5.91 Å². The van der Waals surface area contributed by atoms with Crippen LogP contribution in [0, 0.1) is 0 Å². The lowest BCUT2D eigenvalue weighted by molar-refractivity contribution is 0.102. The van der Waals surface area contributed by atoms with Crippen molar-refractivity contribution in [3.63, 3.8) is 0 Å². The number of nitrogens with one attached hydrogen (secondary N) is 1. The molecule has 0 spiro atoms. The number of halogens is 1. The molecule has 5 nitrogen and oxygen atoms in total. The Morgan fingerprint density at radius 2 is 1.96 bits per heavy atom. The minimum absolute atomic E-state index is 0.0830. The average Bonchev–Trinajstić information content (AvgIpc) is 3.03. The first-order valence-electron chi connectivity index (χ1n) is 7.28. The van der Waals surface area contributed by atoms with E-state index < -0.39 is 0 Å². The van der Waals surface area contributed by atoms with Gasteiger partial charge in [-0.25, -0.2) is 0 Å². The summed E-state index contributed by atoms with van der Waals surface area (Å²) in [5, 5.41) is 10.8. The van der Waals surface area contributed by atoms with Gasteiger partial charge < -0.3 is 4.42 Å². The summed E-state index contributed by atoms with van der Waals surface area (Å²) in [5.41, 5.74) is 0.432. The lowest BCUT2D eigenvalue weighted by Crippen LogP contribution is -2.11. The number of anilines is 1. The highest BCUT2D eigenvalue weighted by atomic mass is 35.5. The van der Waals surface area contributed by atoms with Gasteiger partial charge in [-0.05, 0) is 30.3 Å². The summed E-state index contributed by atoms with van der Waals surface area (Å²) in [6, 6.07) is 16.8. The van der Waals surface area contributed by atoms with Gasteiger partial charge in [-0.3, -0.25) is 10.1 Å². The number of amides is 1. The molecular weight excluding hydrogens is 346 g/mol. The van der Waals surface area contributed by atoms with Crippen LogP contribution in [0.25, 0.3) is 0 Å². The van der Waals surface area contributed by atoms with E-state index in [1.54, 1.807) is 36.0 Å². The number of hydrogen-bond acceptors (Lipinski definition) is 5. The lowest BCUT2D eigenvalue weighted by atomic mass is 10.2. The van der Waals surface area contributed by atoms with Gasteiger partial charge in [0.15, 0.2) is 0 Å². The van der Waals surface area contributed by atoms with E-state index in [0.717, 1.165) is 5.75 Å². The van der Waals surface area contributed by atoms with Crippen LogP contribution >= 0.6 is 23.4 Å². The minimum Gasteiger partial charge on any atom is -0.408 e. The molecule has 0 aliphatic rings. The van der Waals surface area contributed by atoms with Crippen molar-refractivity contribution in [1.82, 2.24) is 10.2 Å². The van der Waals surface area contributed by atoms with Gasteiger partial charge in [-0.2, -0.15) is 0 Å². The largest absolute Gasteiger partial charge is 0.408 e. The molecule has 3 aromatic rings. The van der Waals surface area contributed by atoms with Gasteiger partial charge in [-0.1, -0.05) is 41.0 Å². The van der Waals surface area contributed by atoms with E-state index in [9.17, 15) is 4.79 Å². The number of nitrogens with zero attached hydrogens (tertiary/aromatic N) is 2. The van der Waals surface area contributed by atoms with Crippen molar-refractivity contribution in [3.8, 4) is 0 Å². The quantitative estimate of drug-likeness (QED) is 0.664. The topological polar surface area (TPSA) is 68.0 Å². The molecular formula is C17H14ClN3O2S. The van der Waals surface area contributed by atoms with Crippen LogP contribution in [0.5, 0.6) is 0 Å². The summed E-state index contributed by atoms with van der Waals surface area (Å²) in [4.78, 5) is 13.3. The zero-order chi connectivity index (χ0) is 16.8. The Morgan fingerprint density at radius 1 is 1.12 bits per heavy atom. The number of aromatic nitrogens is 2. The molecule has 1 N–H and O–H groups in total. The molecule has 0 aliphatic heterocycles. The Bertz CT molecular complexity index is 823. The maximum absolute atomic E-state index is 12.1. The van der Waals surface area contributed by atoms with Crippen LogP contribution in [0.3, 0.4) is 0 Å². The molecule has 0 saturated heterocycles. The van der Waals surface area contributed by atoms with E-state index in [2.05, 4.69) is 27.6 Å². The van der Waals surface area contributed by atoms with Crippen LogP contribution in [0.4, 0.5) is 6.01 Å². The van der Waals surface area contributed by atoms with Gasteiger partial charge in [0.1, 0.15) is 0 Å². The Morgan fingerprint density at radius 3 is 2.75 bits per heavy atom. The van der Waals surface area contributed by atoms with E-state index in [0.29, 0.717) is 22.9 Å². The number of benzene rings is 2. The monoisotopic (exact) mass is 359 g/mol. The second-order valence-electron chi connectivity index (χ2n) is 4.88. The van der Waals surface area contributed by atoms with Gasteiger partial charge in [0.2, 0.25) is 5.89 Å². The predicted molar refractivity (Wildman–Crippen MR) is 94.6 cm³/mol. The van der Waals surface area contributed by atoms with Crippen molar-refractivity contribution in [3.05, 3.63) is 71.1 Å². The van der Waals surface area contributed by atoms with Crippen LogP contribution in [-0.2, 0) is 6.42 Å². The highest BCUT2D eigenvalue weighted by Gasteiger charge is 2.12. The zero-order valence-corrected chi connectivity index (χ0v) is 14.2. The van der Waals surface area contributed by atoms with Crippen LogP contribution in [0.1, 0.15) is 16.2 Å². The third kappa shape index (κ3) is 4.59. The van der Waals surface area contributed by atoms with E-state index in [1.807, 2.05) is 18.2 Å². The standard InChI is InChI=1S/C17H14ClN3O2S/c18-13-6-4-5-12(11-13)16(22)19-17-21-20-15(23-17)9-10-24-14-7-2-1-3-8-14/h1-8,11H,9-10H2,(H,19,21,22). The van der Waals surface area contributed by atoms with E-state index in [1.165, 1.54) is 4.90 Å². The van der Waals surface area contributed by atoms with Crippen molar-refractivity contribution < 1.29 is 9.21 Å². The van der Waals surface area contributed by atoms with Crippen LogP contribution in [-0.4, -0.2) is 21.9 Å². The second kappa shape index (κ2) is 7.99. The molecule has 0 fully saturated rings. The number of carbonyl (C=O) groups is 1. The van der Waals surface area contributed by atoms with Crippen molar-refractivity contribution in [1.29, 1.82) is 0 Å². The van der Waals surface area contributed by atoms with Crippen molar-refractivity contribution in [2.24, 2.45) is 0 Å². The Kier molecular flexibility index (Phi) is 5.51. The normalized spacial score (nSPS) is 10.5. The fourth-order valence-electron chi connectivity index (χ4n) is 1.98. The molecule has 24 heavy (non-hydrogen) atoms. The fraction of sp³-hybridized carbons (Fsp3) is 0.118. The van der Waals surface area contributed by atoms with Crippen LogP contribution < -0.4 is 5.32 Å². The van der Waals surface area contributed by atoms with Gasteiger partial charge in [0.05, 0.1) is 0 Å². The smallest absolute Gasteiger partial charge is 0.322 e. The van der Waals surface area contributed by atoms with E-state index in [4.69, 9.17) is 16.0 Å². The highest BCUT2D eigenvalue weighted by Crippen LogP contribution is 2.19. The molecule has 1 amide bonds. The Labute approximate surface area is 148 Å². The highest BCUT2D eigenvalue weighted by molar-refractivity contribution is 7.99. The van der Waals surface area contributed by atoms with Gasteiger partial charge in [0, 0.05) is 27.7 Å². The molecule has 0 bridgehead atoms. The predicted octanol–water partition coefficient (Wildman–Crippen LogP) is 4.31. The summed E-state index contributed by atoms with van der Waals surface area (Å²) in [7, 11) is 0. The summed E-state index contributed by atoms with van der Waals surface area (Å²) in [6.45, 7) is 0. The lowest BCUT2D eigenvalue weighted by Gasteiger charge is -2.01. The maximum atomic E-state index is 12.1. The summed E-state index contributed by atoms with van der Waals surface area (Å²) in [5.74, 6) is 0.958. The van der Waals surface area contributed by atoms with Crippen LogP contribution in [0.15, 0.2) is 63.9 Å². The van der Waals surface area contributed by atoms with Crippen molar-refractivity contribution in [2.45, 2.75) is 11.3 Å². The molecule has 0 aliphatic carbocycles. The third-order valence-corrected chi connectivity index (χ3v) is 4.35. The van der Waals surface area contributed by atoms with E-state index >= 15 is 0 Å². The third-order valence-electron chi connectivity index (χ3n) is 3.10. The molecule has 0 atom stereocenters. The van der Waals surface area contributed by atoms with Gasteiger partial charge >= 0.3 is 6.01 Å². The first-order chi connectivity index (χ1) is 11.7. The zero-order valence-electron chi connectivity index (χ0n) is 12.6. The molecule has 0 radical (unpaired) electrons. The van der Waals surface area contributed by atoms with Gasteiger partial charge in [-0.15, -0.1) is 16.9 Å². The molecule has 0 saturated carbocycles. The Hall–Kier alpha value is -2.31. The fourth-order valence-corrected chi connectivity index (χ4v) is 3.03. The summed E-state index contributed by atoms with van der Waals surface area (Å²) in [6.07, 6.45) is 0.625. The number of carbonyl (C=O) groups excluding carboxylic acids is 1. The number of rotatable bonds is 6.